The molecule has 1 saturated heterocycles. The van der Waals surface area contributed by atoms with E-state index in [1.54, 1.807) is 21.3 Å². The van der Waals surface area contributed by atoms with Gasteiger partial charge in [-0.15, -0.1) is 0 Å². The van der Waals surface area contributed by atoms with Crippen LogP contribution in [0, 0.1) is 0 Å². The molecule has 3 atom stereocenters. The Morgan fingerprint density at radius 2 is 1.86 bits per heavy atom. The second-order valence-electron chi connectivity index (χ2n) is 5.14. The van der Waals surface area contributed by atoms with Crippen LogP contribution < -0.4 is 10.5 Å². The molecule has 2 rings (SSSR count). The number of benzene rings is 1. The normalized spacial score (nSPS) is 24.2. The Hall–Kier alpha value is -0.660. The van der Waals surface area contributed by atoms with Crippen molar-refractivity contribution in [2.24, 2.45) is 5.73 Å². The third kappa shape index (κ3) is 3.57. The molecule has 1 aromatic carbocycles. The van der Waals surface area contributed by atoms with Crippen molar-refractivity contribution < 1.29 is 14.2 Å². The number of hydrogen-bond acceptors (Lipinski definition) is 5. The Labute approximate surface area is 134 Å². The number of rotatable bonds is 6. The highest BCUT2D eigenvalue weighted by molar-refractivity contribution is 9.10. The lowest BCUT2D eigenvalue weighted by molar-refractivity contribution is -0.00461. The highest BCUT2D eigenvalue weighted by Gasteiger charge is 2.37. The van der Waals surface area contributed by atoms with Crippen LogP contribution in [0.4, 0.5) is 0 Å². The SMILES string of the molecule is COc1ccc(Br)cc1C(CN)N1CC(OC)C(OC)C1. The van der Waals surface area contributed by atoms with Crippen molar-refractivity contribution in [2.75, 3.05) is 41.0 Å². The maximum atomic E-state index is 6.04. The first-order valence-electron chi connectivity index (χ1n) is 6.97. The predicted octanol–water partition coefficient (Wildman–Crippen LogP) is 1.80. The molecule has 0 spiro atoms. The fourth-order valence-electron chi connectivity index (χ4n) is 2.92. The van der Waals surface area contributed by atoms with Crippen molar-refractivity contribution in [1.82, 2.24) is 4.90 Å². The summed E-state index contributed by atoms with van der Waals surface area (Å²) in [5.41, 5.74) is 7.12. The Balaban J connectivity index is 2.26. The summed E-state index contributed by atoms with van der Waals surface area (Å²) >= 11 is 3.52. The second-order valence-corrected chi connectivity index (χ2v) is 6.06. The summed E-state index contributed by atoms with van der Waals surface area (Å²) in [6.45, 7) is 2.11. The molecule has 21 heavy (non-hydrogen) atoms. The van der Waals surface area contributed by atoms with Crippen molar-refractivity contribution in [1.29, 1.82) is 0 Å². The molecule has 2 N–H and O–H groups in total. The maximum Gasteiger partial charge on any atom is 0.123 e. The van der Waals surface area contributed by atoms with E-state index < -0.39 is 0 Å². The minimum atomic E-state index is 0.0715. The lowest BCUT2D eigenvalue weighted by Crippen LogP contribution is -2.33. The van der Waals surface area contributed by atoms with E-state index in [0.717, 1.165) is 28.9 Å². The molecule has 6 heteroatoms. The highest BCUT2D eigenvalue weighted by atomic mass is 79.9. The fourth-order valence-corrected chi connectivity index (χ4v) is 3.30. The molecule has 3 unspecified atom stereocenters. The van der Waals surface area contributed by atoms with E-state index in [2.05, 4.69) is 26.9 Å². The molecule has 1 fully saturated rings. The van der Waals surface area contributed by atoms with Crippen molar-refractivity contribution in [2.45, 2.75) is 18.2 Å². The molecule has 1 aliphatic heterocycles. The average molecular weight is 359 g/mol. The van der Waals surface area contributed by atoms with E-state index in [9.17, 15) is 0 Å². The summed E-state index contributed by atoms with van der Waals surface area (Å²) in [4.78, 5) is 2.30. The van der Waals surface area contributed by atoms with Gasteiger partial charge in [-0.2, -0.15) is 0 Å². The van der Waals surface area contributed by atoms with Gasteiger partial charge < -0.3 is 19.9 Å². The predicted molar refractivity (Wildman–Crippen MR) is 85.7 cm³/mol. The standard InChI is InChI=1S/C15H23BrN2O3/c1-19-13-5-4-10(16)6-11(13)12(7-17)18-8-14(20-2)15(9-18)21-3/h4-6,12,14-15H,7-9,17H2,1-3H3. The third-order valence-corrected chi connectivity index (χ3v) is 4.56. The first-order chi connectivity index (χ1) is 10.1. The number of methoxy groups -OCH3 is 3. The van der Waals surface area contributed by atoms with Gasteiger partial charge in [0.1, 0.15) is 5.75 Å². The van der Waals surface area contributed by atoms with Gasteiger partial charge in [0, 0.05) is 43.9 Å². The molecule has 0 bridgehead atoms. The third-order valence-electron chi connectivity index (χ3n) is 4.06. The zero-order chi connectivity index (χ0) is 15.4. The van der Waals surface area contributed by atoms with Crippen LogP contribution >= 0.6 is 15.9 Å². The molecular weight excluding hydrogens is 336 g/mol. The number of nitrogens with zero attached hydrogens (tertiary/aromatic N) is 1. The van der Waals surface area contributed by atoms with Gasteiger partial charge in [0.05, 0.1) is 25.4 Å². The summed E-state index contributed by atoms with van der Waals surface area (Å²) in [6.07, 6.45) is 0.143. The molecule has 1 aliphatic rings. The summed E-state index contributed by atoms with van der Waals surface area (Å²) in [7, 11) is 5.12. The van der Waals surface area contributed by atoms with Crippen molar-refractivity contribution in [3.63, 3.8) is 0 Å². The van der Waals surface area contributed by atoms with E-state index in [1.165, 1.54) is 0 Å². The number of nitrogens with two attached hydrogens (primary N) is 1. The molecule has 0 aliphatic carbocycles. The Morgan fingerprint density at radius 3 is 2.33 bits per heavy atom. The molecule has 0 aromatic heterocycles. The first kappa shape index (κ1) is 16.7. The van der Waals surface area contributed by atoms with Crippen LogP contribution in [0.5, 0.6) is 5.75 Å². The first-order valence-corrected chi connectivity index (χ1v) is 7.77. The summed E-state index contributed by atoms with van der Waals surface area (Å²) in [6, 6.07) is 6.07. The van der Waals surface area contributed by atoms with E-state index in [1.807, 2.05) is 12.1 Å². The molecule has 118 valence electrons. The lowest BCUT2D eigenvalue weighted by Gasteiger charge is -2.28. The monoisotopic (exact) mass is 358 g/mol. The smallest absolute Gasteiger partial charge is 0.123 e. The van der Waals surface area contributed by atoms with Crippen LogP contribution in [0.2, 0.25) is 0 Å². The van der Waals surface area contributed by atoms with E-state index in [0.29, 0.717) is 6.54 Å². The van der Waals surface area contributed by atoms with Gasteiger partial charge in [-0.3, -0.25) is 4.90 Å². The maximum absolute atomic E-state index is 6.04. The van der Waals surface area contributed by atoms with Crippen LogP contribution in [0.1, 0.15) is 11.6 Å². The van der Waals surface area contributed by atoms with Crippen LogP contribution in [-0.2, 0) is 9.47 Å². The quantitative estimate of drug-likeness (QED) is 0.840. The summed E-state index contributed by atoms with van der Waals surface area (Å²) in [5.74, 6) is 0.850. The molecular formula is C15H23BrN2O3. The molecule has 0 saturated carbocycles. The van der Waals surface area contributed by atoms with E-state index in [-0.39, 0.29) is 18.2 Å². The second kappa shape index (κ2) is 7.56. The summed E-state index contributed by atoms with van der Waals surface area (Å²) < 4.78 is 17.5. The zero-order valence-corrected chi connectivity index (χ0v) is 14.3. The van der Waals surface area contributed by atoms with Crippen molar-refractivity contribution >= 4 is 15.9 Å². The Bertz CT molecular complexity index is 460. The molecule has 5 nitrogen and oxygen atoms in total. The molecule has 0 radical (unpaired) electrons. The fraction of sp³-hybridized carbons (Fsp3) is 0.600. The van der Waals surface area contributed by atoms with Crippen LogP contribution in [0.15, 0.2) is 22.7 Å². The van der Waals surface area contributed by atoms with Crippen molar-refractivity contribution in [3.8, 4) is 5.75 Å². The number of hydrogen-bond donors (Lipinski definition) is 1. The molecule has 1 heterocycles. The van der Waals surface area contributed by atoms with Gasteiger partial charge in [-0.25, -0.2) is 0 Å². The van der Waals surface area contributed by atoms with Crippen LogP contribution in [0.3, 0.4) is 0 Å². The summed E-state index contributed by atoms with van der Waals surface area (Å²) in [5, 5.41) is 0. The number of halogens is 1. The van der Waals surface area contributed by atoms with Gasteiger partial charge in [0.15, 0.2) is 0 Å². The number of ether oxygens (including phenoxy) is 3. The molecule has 0 amide bonds. The van der Waals surface area contributed by atoms with Gasteiger partial charge in [-0.1, -0.05) is 15.9 Å². The highest BCUT2D eigenvalue weighted by Crippen LogP contribution is 2.34. The van der Waals surface area contributed by atoms with E-state index >= 15 is 0 Å². The number of likely N-dealkylation sites (tertiary alicyclic amines) is 1. The van der Waals surface area contributed by atoms with E-state index in [4.69, 9.17) is 19.9 Å². The Kier molecular flexibility index (Phi) is 6.01. The van der Waals surface area contributed by atoms with Gasteiger partial charge >= 0.3 is 0 Å². The topological polar surface area (TPSA) is 57.0 Å². The van der Waals surface area contributed by atoms with Crippen LogP contribution in [0.25, 0.3) is 0 Å². The zero-order valence-electron chi connectivity index (χ0n) is 12.7. The molecule has 1 aromatic rings. The van der Waals surface area contributed by atoms with Crippen LogP contribution in [-0.4, -0.2) is 58.1 Å². The van der Waals surface area contributed by atoms with Gasteiger partial charge in [-0.05, 0) is 18.2 Å². The average Bonchev–Trinajstić information content (AvgIpc) is 2.91. The largest absolute Gasteiger partial charge is 0.496 e. The Morgan fingerprint density at radius 1 is 1.24 bits per heavy atom. The van der Waals surface area contributed by atoms with Gasteiger partial charge in [0.2, 0.25) is 0 Å². The minimum absolute atomic E-state index is 0.0715. The van der Waals surface area contributed by atoms with Gasteiger partial charge in [0.25, 0.3) is 0 Å². The lowest BCUT2D eigenvalue weighted by atomic mass is 10.0. The minimum Gasteiger partial charge on any atom is -0.496 e. The van der Waals surface area contributed by atoms with Crippen molar-refractivity contribution in [3.05, 3.63) is 28.2 Å².